The fraction of sp³-hybridized carbons (Fsp3) is 0.778. The van der Waals surface area contributed by atoms with Crippen LogP contribution in [0.25, 0.3) is 0 Å². The molecule has 6 heteroatoms. The number of aliphatic carboxylic acids is 1. The molecule has 0 aromatic heterocycles. The van der Waals surface area contributed by atoms with Crippen molar-refractivity contribution in [2.75, 3.05) is 38.8 Å². The van der Waals surface area contributed by atoms with Crippen molar-refractivity contribution in [2.24, 2.45) is 0 Å². The summed E-state index contributed by atoms with van der Waals surface area (Å²) in [5.41, 5.74) is 0. The molecule has 0 saturated carbocycles. The number of carboxylic acid groups (broad SMARTS) is 1. The van der Waals surface area contributed by atoms with Gasteiger partial charge in [-0.2, -0.15) is 0 Å². The van der Waals surface area contributed by atoms with Crippen molar-refractivity contribution >= 4 is 23.6 Å². The van der Waals surface area contributed by atoms with E-state index in [2.05, 4.69) is 0 Å². The molecule has 5 nitrogen and oxygen atoms in total. The summed E-state index contributed by atoms with van der Waals surface area (Å²) < 4.78 is 4.84. The summed E-state index contributed by atoms with van der Waals surface area (Å²) >= 11 is 1.48. The number of thioether (sulfide) groups is 1. The van der Waals surface area contributed by atoms with E-state index in [1.54, 1.807) is 14.2 Å². The lowest BCUT2D eigenvalue weighted by Gasteiger charge is -2.15. The Morgan fingerprint density at radius 3 is 2.67 bits per heavy atom. The Morgan fingerprint density at radius 1 is 1.47 bits per heavy atom. The summed E-state index contributed by atoms with van der Waals surface area (Å²) in [6.45, 7) is 0.885. The summed E-state index contributed by atoms with van der Waals surface area (Å²) in [5, 5.41) is 8.43. The van der Waals surface area contributed by atoms with Crippen molar-refractivity contribution in [3.63, 3.8) is 0 Å². The first-order valence-corrected chi connectivity index (χ1v) is 5.75. The van der Waals surface area contributed by atoms with Crippen LogP contribution in [0.1, 0.15) is 6.42 Å². The van der Waals surface area contributed by atoms with Gasteiger partial charge in [-0.15, -0.1) is 11.8 Å². The van der Waals surface area contributed by atoms with Crippen molar-refractivity contribution in [1.29, 1.82) is 0 Å². The average molecular weight is 235 g/mol. The molecular weight excluding hydrogens is 218 g/mol. The molecule has 0 heterocycles. The van der Waals surface area contributed by atoms with Crippen LogP contribution >= 0.6 is 11.8 Å². The summed E-state index contributed by atoms with van der Waals surface area (Å²) in [4.78, 5) is 23.1. The maximum atomic E-state index is 11.4. The van der Waals surface area contributed by atoms with Gasteiger partial charge in [0, 0.05) is 26.5 Å². The van der Waals surface area contributed by atoms with E-state index in [-0.39, 0.29) is 18.9 Å². The van der Waals surface area contributed by atoms with E-state index in [0.717, 1.165) is 5.75 Å². The van der Waals surface area contributed by atoms with Crippen LogP contribution in [0.3, 0.4) is 0 Å². The number of ether oxygens (including phenoxy) is 1. The number of methoxy groups -OCH3 is 1. The minimum atomic E-state index is -0.887. The maximum Gasteiger partial charge on any atom is 0.305 e. The summed E-state index contributed by atoms with van der Waals surface area (Å²) in [6.07, 6.45) is -0.00895. The number of hydrogen-bond donors (Lipinski definition) is 1. The third kappa shape index (κ3) is 8.26. The zero-order valence-electron chi connectivity index (χ0n) is 9.06. The van der Waals surface area contributed by atoms with Crippen LogP contribution in [-0.4, -0.2) is 60.7 Å². The van der Waals surface area contributed by atoms with Gasteiger partial charge >= 0.3 is 5.97 Å². The molecule has 0 radical (unpaired) electrons. The van der Waals surface area contributed by atoms with E-state index in [1.165, 1.54) is 16.7 Å². The molecule has 0 unspecified atom stereocenters. The first-order valence-electron chi connectivity index (χ1n) is 4.60. The number of carboxylic acids is 1. The largest absolute Gasteiger partial charge is 0.481 e. The van der Waals surface area contributed by atoms with Gasteiger partial charge in [-0.3, -0.25) is 9.59 Å². The molecule has 88 valence electrons. The van der Waals surface area contributed by atoms with Gasteiger partial charge < -0.3 is 14.7 Å². The van der Waals surface area contributed by atoms with Crippen LogP contribution in [0, 0.1) is 0 Å². The van der Waals surface area contributed by atoms with E-state index in [4.69, 9.17) is 9.84 Å². The van der Waals surface area contributed by atoms with Gasteiger partial charge in [-0.25, -0.2) is 0 Å². The Hall–Kier alpha value is -0.750. The normalized spacial score (nSPS) is 10.0. The van der Waals surface area contributed by atoms with Gasteiger partial charge in [0.2, 0.25) is 5.91 Å². The second kappa shape index (κ2) is 8.55. The maximum absolute atomic E-state index is 11.4. The van der Waals surface area contributed by atoms with Gasteiger partial charge in [0.25, 0.3) is 0 Å². The molecule has 1 amide bonds. The molecule has 0 aliphatic heterocycles. The zero-order valence-corrected chi connectivity index (χ0v) is 9.88. The van der Waals surface area contributed by atoms with E-state index >= 15 is 0 Å². The van der Waals surface area contributed by atoms with Crippen LogP contribution in [0.5, 0.6) is 0 Å². The summed E-state index contributed by atoms with van der Waals surface area (Å²) in [7, 11) is 3.23. The first-order chi connectivity index (χ1) is 7.07. The highest BCUT2D eigenvalue weighted by molar-refractivity contribution is 7.99. The SMILES string of the molecule is COCCSCC(=O)N(C)CCC(=O)O. The Labute approximate surface area is 93.8 Å². The quantitative estimate of drug-likeness (QED) is 0.613. The number of carbonyl (C=O) groups is 2. The number of amides is 1. The van der Waals surface area contributed by atoms with Crippen LogP contribution in [0.4, 0.5) is 0 Å². The molecular formula is C9H17NO4S. The van der Waals surface area contributed by atoms with E-state index in [9.17, 15) is 9.59 Å². The van der Waals surface area contributed by atoms with Crippen molar-refractivity contribution in [2.45, 2.75) is 6.42 Å². The fourth-order valence-corrected chi connectivity index (χ4v) is 1.62. The predicted octanol–water partition coefficient (Wildman–Crippen LogP) is 0.299. The van der Waals surface area contributed by atoms with E-state index in [1.807, 2.05) is 0 Å². The van der Waals surface area contributed by atoms with Crippen LogP contribution in [0.2, 0.25) is 0 Å². The topological polar surface area (TPSA) is 66.8 Å². The second-order valence-corrected chi connectivity index (χ2v) is 4.11. The fourth-order valence-electron chi connectivity index (χ4n) is 0.800. The molecule has 0 atom stereocenters. The lowest BCUT2D eigenvalue weighted by atomic mass is 10.4. The van der Waals surface area contributed by atoms with Gasteiger partial charge in [0.15, 0.2) is 0 Å². The smallest absolute Gasteiger partial charge is 0.305 e. The predicted molar refractivity (Wildman–Crippen MR) is 59.1 cm³/mol. The molecule has 0 aromatic carbocycles. The first kappa shape index (κ1) is 14.2. The van der Waals surface area contributed by atoms with Crippen molar-refractivity contribution < 1.29 is 19.4 Å². The Balaban J connectivity index is 3.55. The molecule has 0 spiro atoms. The molecule has 0 fully saturated rings. The molecule has 15 heavy (non-hydrogen) atoms. The van der Waals surface area contributed by atoms with Crippen LogP contribution in [0.15, 0.2) is 0 Å². The molecule has 0 aliphatic carbocycles. The molecule has 0 rings (SSSR count). The standard InChI is InChI=1S/C9H17NO4S/c1-10(4-3-9(12)13)8(11)7-15-6-5-14-2/h3-7H2,1-2H3,(H,12,13). The lowest BCUT2D eigenvalue weighted by molar-refractivity contribution is -0.137. The third-order valence-electron chi connectivity index (χ3n) is 1.74. The van der Waals surface area contributed by atoms with Crippen molar-refractivity contribution in [3.05, 3.63) is 0 Å². The van der Waals surface area contributed by atoms with Gasteiger partial charge in [0.05, 0.1) is 18.8 Å². The van der Waals surface area contributed by atoms with Crippen LogP contribution in [-0.2, 0) is 14.3 Å². The van der Waals surface area contributed by atoms with Crippen molar-refractivity contribution in [3.8, 4) is 0 Å². The highest BCUT2D eigenvalue weighted by Crippen LogP contribution is 2.01. The Bertz CT molecular complexity index is 210. The zero-order chi connectivity index (χ0) is 11.7. The monoisotopic (exact) mass is 235 g/mol. The number of nitrogens with zero attached hydrogens (tertiary/aromatic N) is 1. The molecule has 0 aromatic rings. The minimum absolute atomic E-state index is 0.00895. The minimum Gasteiger partial charge on any atom is -0.481 e. The Morgan fingerprint density at radius 2 is 2.13 bits per heavy atom. The van der Waals surface area contributed by atoms with Crippen molar-refractivity contribution in [1.82, 2.24) is 4.90 Å². The van der Waals surface area contributed by atoms with Gasteiger partial charge in [0.1, 0.15) is 0 Å². The average Bonchev–Trinajstić information content (AvgIpc) is 2.20. The number of carbonyl (C=O) groups excluding carboxylic acids is 1. The summed E-state index contributed by atoms with van der Waals surface area (Å²) in [5.74, 6) is 0.216. The number of rotatable bonds is 8. The lowest BCUT2D eigenvalue weighted by Crippen LogP contribution is -2.30. The molecule has 0 bridgehead atoms. The van der Waals surface area contributed by atoms with E-state index < -0.39 is 5.97 Å². The second-order valence-electron chi connectivity index (χ2n) is 3.00. The molecule has 0 saturated heterocycles. The number of hydrogen-bond acceptors (Lipinski definition) is 4. The van der Waals surface area contributed by atoms with Gasteiger partial charge in [-0.1, -0.05) is 0 Å². The molecule has 1 N–H and O–H groups in total. The van der Waals surface area contributed by atoms with E-state index in [0.29, 0.717) is 12.4 Å². The third-order valence-corrected chi connectivity index (χ3v) is 2.65. The highest BCUT2D eigenvalue weighted by Gasteiger charge is 2.09. The van der Waals surface area contributed by atoms with Crippen LogP contribution < -0.4 is 0 Å². The Kier molecular flexibility index (Phi) is 8.12. The highest BCUT2D eigenvalue weighted by atomic mass is 32.2. The van der Waals surface area contributed by atoms with Gasteiger partial charge in [-0.05, 0) is 0 Å². The molecule has 0 aliphatic rings. The summed E-state index contributed by atoms with van der Waals surface area (Å²) in [6, 6.07) is 0.